The maximum Gasteiger partial charge on any atom is 0.300 e. The van der Waals surface area contributed by atoms with Gasteiger partial charge in [0.1, 0.15) is 10.6 Å². The lowest BCUT2D eigenvalue weighted by molar-refractivity contribution is -0.385. The molecular formula is C18H21Cl2N3O3. The van der Waals surface area contributed by atoms with Crippen molar-refractivity contribution in [2.24, 2.45) is 5.73 Å². The highest BCUT2D eigenvalue weighted by atomic mass is 35.5. The van der Waals surface area contributed by atoms with Crippen LogP contribution in [0.15, 0.2) is 42.5 Å². The summed E-state index contributed by atoms with van der Waals surface area (Å²) in [6.45, 7) is 4.36. The van der Waals surface area contributed by atoms with Crippen molar-refractivity contribution in [2.75, 3.05) is 6.54 Å². The topological polar surface area (TPSA) is 98.3 Å². The second-order valence-electron chi connectivity index (χ2n) is 6.03. The number of nitro benzene ring substituents is 1. The fraction of sp³-hybridized carbons (Fsp3) is 0.278. The highest BCUT2D eigenvalue weighted by Crippen LogP contribution is 2.28. The molecule has 0 aliphatic carbocycles. The molecule has 3 N–H and O–H groups in total. The van der Waals surface area contributed by atoms with E-state index in [1.165, 1.54) is 23.8 Å². The standard InChI is InChI=1S/C18H20ClN3O3.ClH/c1-11(2)12-6-8-13(9-7-12)16(20)10-21-18(23)14-4-3-5-15(19)17(14)22(24)25;/h3-9,11,16H,10,20H2,1-2H3,(H,21,23);1H. The van der Waals surface area contributed by atoms with Gasteiger partial charge in [0.2, 0.25) is 0 Å². The smallest absolute Gasteiger partial charge is 0.300 e. The predicted octanol–water partition coefficient (Wildman–Crippen LogP) is 4.22. The molecule has 1 unspecified atom stereocenters. The summed E-state index contributed by atoms with van der Waals surface area (Å²) in [5.41, 5.74) is 7.69. The third kappa shape index (κ3) is 5.17. The number of carbonyl (C=O) groups is 1. The van der Waals surface area contributed by atoms with Crippen LogP contribution in [-0.2, 0) is 0 Å². The first-order valence-electron chi connectivity index (χ1n) is 7.87. The molecular weight excluding hydrogens is 377 g/mol. The van der Waals surface area contributed by atoms with Crippen molar-refractivity contribution in [3.05, 3.63) is 74.3 Å². The van der Waals surface area contributed by atoms with E-state index in [0.717, 1.165) is 5.56 Å². The molecule has 0 fully saturated rings. The quantitative estimate of drug-likeness (QED) is 0.562. The van der Waals surface area contributed by atoms with Crippen LogP contribution in [0.3, 0.4) is 0 Å². The average molecular weight is 398 g/mol. The predicted molar refractivity (Wildman–Crippen MR) is 105 cm³/mol. The Balaban J connectivity index is 0.00000338. The molecule has 8 heteroatoms. The summed E-state index contributed by atoms with van der Waals surface area (Å²) in [5.74, 6) is -0.156. The fourth-order valence-electron chi connectivity index (χ4n) is 2.43. The monoisotopic (exact) mass is 397 g/mol. The first-order chi connectivity index (χ1) is 11.8. The van der Waals surface area contributed by atoms with E-state index in [-0.39, 0.29) is 29.5 Å². The lowest BCUT2D eigenvalue weighted by atomic mass is 9.99. The summed E-state index contributed by atoms with van der Waals surface area (Å²) in [7, 11) is 0. The number of nitrogens with one attached hydrogen (secondary N) is 1. The van der Waals surface area contributed by atoms with Crippen molar-refractivity contribution in [1.29, 1.82) is 0 Å². The number of nitrogens with zero attached hydrogens (tertiary/aromatic N) is 1. The van der Waals surface area contributed by atoms with E-state index in [2.05, 4.69) is 19.2 Å². The van der Waals surface area contributed by atoms with Crippen LogP contribution >= 0.6 is 24.0 Å². The van der Waals surface area contributed by atoms with Crippen LogP contribution in [0.5, 0.6) is 0 Å². The largest absolute Gasteiger partial charge is 0.350 e. The molecule has 0 aliphatic rings. The summed E-state index contributed by atoms with van der Waals surface area (Å²) < 4.78 is 0. The lowest BCUT2D eigenvalue weighted by Gasteiger charge is -2.15. The number of halogens is 2. The number of amides is 1. The van der Waals surface area contributed by atoms with Crippen molar-refractivity contribution in [3.8, 4) is 0 Å². The number of para-hydroxylation sites is 1. The van der Waals surface area contributed by atoms with Gasteiger partial charge in [-0.25, -0.2) is 0 Å². The van der Waals surface area contributed by atoms with E-state index >= 15 is 0 Å². The average Bonchev–Trinajstić information content (AvgIpc) is 2.58. The highest BCUT2D eigenvalue weighted by molar-refractivity contribution is 6.33. The zero-order valence-corrected chi connectivity index (χ0v) is 16.0. The Labute approximate surface area is 163 Å². The Morgan fingerprint density at radius 2 is 1.77 bits per heavy atom. The maximum absolute atomic E-state index is 12.3. The van der Waals surface area contributed by atoms with Gasteiger partial charge in [0, 0.05) is 12.6 Å². The number of nitrogens with two attached hydrogens (primary N) is 1. The molecule has 0 aromatic heterocycles. The highest BCUT2D eigenvalue weighted by Gasteiger charge is 2.23. The Morgan fingerprint density at radius 3 is 2.31 bits per heavy atom. The molecule has 6 nitrogen and oxygen atoms in total. The van der Waals surface area contributed by atoms with Crippen molar-refractivity contribution in [3.63, 3.8) is 0 Å². The molecule has 26 heavy (non-hydrogen) atoms. The number of hydrogen-bond donors (Lipinski definition) is 2. The van der Waals surface area contributed by atoms with E-state index in [1.807, 2.05) is 24.3 Å². The summed E-state index contributed by atoms with van der Waals surface area (Å²) in [6, 6.07) is 11.7. The zero-order valence-electron chi connectivity index (χ0n) is 14.4. The molecule has 2 aromatic rings. The first kappa shape index (κ1) is 21.9. The molecule has 2 aromatic carbocycles. The summed E-state index contributed by atoms with van der Waals surface area (Å²) in [4.78, 5) is 22.7. The van der Waals surface area contributed by atoms with Crippen LogP contribution in [0.1, 0.15) is 47.3 Å². The molecule has 0 spiro atoms. The summed E-state index contributed by atoms with van der Waals surface area (Å²) >= 11 is 5.82. The van der Waals surface area contributed by atoms with Crippen molar-refractivity contribution < 1.29 is 9.72 Å². The van der Waals surface area contributed by atoms with Crippen LogP contribution in [0, 0.1) is 10.1 Å². The fourth-order valence-corrected chi connectivity index (χ4v) is 2.67. The number of benzene rings is 2. The second kappa shape index (κ2) is 9.52. The zero-order chi connectivity index (χ0) is 18.6. The number of nitro groups is 1. The van der Waals surface area contributed by atoms with E-state index in [1.54, 1.807) is 0 Å². The van der Waals surface area contributed by atoms with Crippen LogP contribution in [0.4, 0.5) is 5.69 Å². The third-order valence-corrected chi connectivity index (χ3v) is 4.23. The van der Waals surface area contributed by atoms with Gasteiger partial charge in [-0.05, 0) is 29.2 Å². The number of carbonyl (C=O) groups excluding carboxylic acids is 1. The minimum Gasteiger partial charge on any atom is -0.350 e. The molecule has 0 radical (unpaired) electrons. The minimum absolute atomic E-state index is 0. The Bertz CT molecular complexity index is 780. The second-order valence-corrected chi connectivity index (χ2v) is 6.44. The number of hydrogen-bond acceptors (Lipinski definition) is 4. The molecule has 0 saturated heterocycles. The van der Waals surface area contributed by atoms with Gasteiger partial charge < -0.3 is 11.1 Å². The van der Waals surface area contributed by atoms with Crippen LogP contribution in [0.2, 0.25) is 5.02 Å². The van der Waals surface area contributed by atoms with E-state index in [9.17, 15) is 14.9 Å². The van der Waals surface area contributed by atoms with Gasteiger partial charge >= 0.3 is 5.69 Å². The number of rotatable bonds is 6. The van der Waals surface area contributed by atoms with Gasteiger partial charge in [0.05, 0.1) is 4.92 Å². The normalized spacial score (nSPS) is 11.6. The molecule has 2 rings (SSSR count). The van der Waals surface area contributed by atoms with Gasteiger partial charge in [-0.2, -0.15) is 0 Å². The first-order valence-corrected chi connectivity index (χ1v) is 8.25. The van der Waals surface area contributed by atoms with Gasteiger partial charge in [-0.15, -0.1) is 12.4 Å². The van der Waals surface area contributed by atoms with Crippen molar-refractivity contribution in [2.45, 2.75) is 25.8 Å². The Kier molecular flexibility index (Phi) is 8.02. The molecule has 0 aliphatic heterocycles. The van der Waals surface area contributed by atoms with Crippen LogP contribution < -0.4 is 11.1 Å². The van der Waals surface area contributed by atoms with E-state index in [4.69, 9.17) is 17.3 Å². The van der Waals surface area contributed by atoms with Crippen LogP contribution in [0.25, 0.3) is 0 Å². The summed E-state index contributed by atoms with van der Waals surface area (Å²) in [6.07, 6.45) is 0. The molecule has 0 bridgehead atoms. The Hall–Kier alpha value is -2.15. The van der Waals surface area contributed by atoms with Gasteiger partial charge in [0.25, 0.3) is 5.91 Å². The van der Waals surface area contributed by atoms with Gasteiger partial charge in [0.15, 0.2) is 0 Å². The molecule has 0 heterocycles. The van der Waals surface area contributed by atoms with Gasteiger partial charge in [-0.3, -0.25) is 14.9 Å². The maximum atomic E-state index is 12.3. The molecule has 0 saturated carbocycles. The summed E-state index contributed by atoms with van der Waals surface area (Å²) in [5, 5.41) is 13.7. The van der Waals surface area contributed by atoms with Crippen molar-refractivity contribution in [1.82, 2.24) is 5.32 Å². The molecule has 1 amide bonds. The SMILES string of the molecule is CC(C)c1ccc(C(N)CNC(=O)c2cccc(Cl)c2[N+](=O)[O-])cc1.Cl. The third-order valence-electron chi connectivity index (χ3n) is 3.93. The molecule has 140 valence electrons. The lowest BCUT2D eigenvalue weighted by Crippen LogP contribution is -2.32. The van der Waals surface area contributed by atoms with E-state index < -0.39 is 22.6 Å². The minimum atomic E-state index is -0.665. The van der Waals surface area contributed by atoms with Gasteiger partial charge in [-0.1, -0.05) is 55.8 Å². The van der Waals surface area contributed by atoms with Crippen LogP contribution in [-0.4, -0.2) is 17.4 Å². The molecule has 1 atom stereocenters. The van der Waals surface area contributed by atoms with Crippen molar-refractivity contribution >= 4 is 35.6 Å². The Morgan fingerprint density at radius 1 is 1.19 bits per heavy atom. The van der Waals surface area contributed by atoms with E-state index in [0.29, 0.717) is 5.92 Å².